The SMILES string of the molecule is CCOP(=O)(OCC)Oc1c(OC)cc(C23CC4CC(CC(C4)C2)C3)cc1OC. The van der Waals surface area contributed by atoms with Crippen LogP contribution in [0.25, 0.3) is 0 Å². The van der Waals surface area contributed by atoms with Gasteiger partial charge in [0.15, 0.2) is 11.5 Å². The van der Waals surface area contributed by atoms with E-state index in [0.29, 0.717) is 11.5 Å². The molecule has 6 nitrogen and oxygen atoms in total. The van der Waals surface area contributed by atoms with Gasteiger partial charge in [-0.25, -0.2) is 4.57 Å². The molecule has 0 atom stereocenters. The first kappa shape index (κ1) is 21.0. The van der Waals surface area contributed by atoms with E-state index in [1.54, 1.807) is 28.1 Å². The molecular formula is C22H33O6P. The van der Waals surface area contributed by atoms with Crippen LogP contribution in [0.5, 0.6) is 17.2 Å². The molecule has 4 saturated carbocycles. The Morgan fingerprint density at radius 3 is 1.72 bits per heavy atom. The van der Waals surface area contributed by atoms with Crippen molar-refractivity contribution in [3.63, 3.8) is 0 Å². The van der Waals surface area contributed by atoms with E-state index in [1.807, 2.05) is 12.1 Å². The summed E-state index contributed by atoms with van der Waals surface area (Å²) in [5.41, 5.74) is 1.44. The van der Waals surface area contributed by atoms with Crippen LogP contribution >= 0.6 is 7.82 Å². The molecule has 0 aromatic heterocycles. The van der Waals surface area contributed by atoms with Gasteiger partial charge in [0.1, 0.15) is 0 Å². The summed E-state index contributed by atoms with van der Waals surface area (Å²) in [5.74, 6) is 3.80. The standard InChI is InChI=1S/C22H33O6P/c1-5-26-29(23,27-6-2)28-21-19(24-3)10-18(11-20(21)25-4)22-12-15-7-16(13-22)9-17(8-15)14-22/h10-11,15-17H,5-9,12-14H2,1-4H3. The molecule has 5 rings (SSSR count). The molecule has 162 valence electrons. The van der Waals surface area contributed by atoms with Crippen molar-refractivity contribution in [1.82, 2.24) is 0 Å². The van der Waals surface area contributed by atoms with Crippen molar-refractivity contribution in [3.8, 4) is 17.2 Å². The van der Waals surface area contributed by atoms with E-state index in [9.17, 15) is 4.57 Å². The Balaban J connectivity index is 1.71. The lowest BCUT2D eigenvalue weighted by Crippen LogP contribution is -2.48. The average molecular weight is 424 g/mol. The molecule has 0 unspecified atom stereocenters. The molecule has 0 N–H and O–H groups in total. The molecule has 0 radical (unpaired) electrons. The fraction of sp³-hybridized carbons (Fsp3) is 0.727. The number of phosphoric ester groups is 1. The first-order valence-corrected chi connectivity index (χ1v) is 12.3. The van der Waals surface area contributed by atoms with Crippen LogP contribution in [0.2, 0.25) is 0 Å². The third-order valence-electron chi connectivity index (χ3n) is 6.89. The van der Waals surface area contributed by atoms with E-state index < -0.39 is 7.82 Å². The van der Waals surface area contributed by atoms with Gasteiger partial charge in [0, 0.05) is 0 Å². The molecule has 4 bridgehead atoms. The van der Waals surface area contributed by atoms with Gasteiger partial charge in [0.2, 0.25) is 5.75 Å². The summed E-state index contributed by atoms with van der Waals surface area (Å²) in [4.78, 5) is 0. The van der Waals surface area contributed by atoms with Gasteiger partial charge in [-0.1, -0.05) is 0 Å². The van der Waals surface area contributed by atoms with Gasteiger partial charge in [0.25, 0.3) is 0 Å². The van der Waals surface area contributed by atoms with Gasteiger partial charge in [-0.15, -0.1) is 0 Å². The van der Waals surface area contributed by atoms with Crippen LogP contribution in [0.1, 0.15) is 57.9 Å². The minimum Gasteiger partial charge on any atom is -0.493 e. The second-order valence-corrected chi connectivity index (χ2v) is 10.4. The molecular weight excluding hydrogens is 391 g/mol. The fourth-order valence-electron chi connectivity index (χ4n) is 6.26. The Morgan fingerprint density at radius 2 is 1.34 bits per heavy atom. The van der Waals surface area contributed by atoms with Gasteiger partial charge in [-0.2, -0.15) is 0 Å². The van der Waals surface area contributed by atoms with Crippen molar-refractivity contribution in [2.24, 2.45) is 17.8 Å². The Morgan fingerprint density at radius 1 is 0.897 bits per heavy atom. The summed E-state index contributed by atoms with van der Waals surface area (Å²) in [7, 11) is -0.565. The molecule has 1 aromatic carbocycles. The predicted molar refractivity (Wildman–Crippen MR) is 111 cm³/mol. The van der Waals surface area contributed by atoms with Crippen LogP contribution in [-0.2, 0) is 19.0 Å². The van der Waals surface area contributed by atoms with Crippen molar-refractivity contribution in [2.75, 3.05) is 27.4 Å². The van der Waals surface area contributed by atoms with E-state index >= 15 is 0 Å². The molecule has 7 heteroatoms. The maximum Gasteiger partial charge on any atom is 0.530 e. The highest BCUT2D eigenvalue weighted by Gasteiger charge is 2.52. The summed E-state index contributed by atoms with van der Waals surface area (Å²) in [5, 5.41) is 0. The van der Waals surface area contributed by atoms with Crippen LogP contribution in [0.4, 0.5) is 0 Å². The maximum atomic E-state index is 12.9. The quantitative estimate of drug-likeness (QED) is 0.472. The van der Waals surface area contributed by atoms with E-state index in [2.05, 4.69) is 0 Å². The number of benzene rings is 1. The van der Waals surface area contributed by atoms with Crippen molar-refractivity contribution in [2.45, 2.75) is 57.8 Å². The molecule has 4 fully saturated rings. The summed E-state index contributed by atoms with van der Waals surface area (Å²) in [6.07, 6.45) is 7.88. The number of ether oxygens (including phenoxy) is 2. The van der Waals surface area contributed by atoms with Crippen LogP contribution in [0.15, 0.2) is 12.1 Å². The summed E-state index contributed by atoms with van der Waals surface area (Å²) in [6, 6.07) is 4.10. The molecule has 0 saturated heterocycles. The Hall–Kier alpha value is -1.23. The smallest absolute Gasteiger partial charge is 0.493 e. The first-order valence-electron chi connectivity index (χ1n) is 10.8. The molecule has 0 amide bonds. The van der Waals surface area contributed by atoms with Crippen molar-refractivity contribution in [3.05, 3.63) is 17.7 Å². The highest BCUT2D eigenvalue weighted by molar-refractivity contribution is 7.48. The Bertz CT molecular complexity index is 721. The van der Waals surface area contributed by atoms with Gasteiger partial charge >= 0.3 is 7.82 Å². The van der Waals surface area contributed by atoms with Crippen LogP contribution in [-0.4, -0.2) is 27.4 Å². The second kappa shape index (κ2) is 8.13. The molecule has 0 aliphatic heterocycles. The lowest BCUT2D eigenvalue weighted by atomic mass is 9.48. The van der Waals surface area contributed by atoms with Gasteiger partial charge < -0.3 is 14.0 Å². The zero-order valence-corrected chi connectivity index (χ0v) is 18.8. The predicted octanol–water partition coefficient (Wildman–Crippen LogP) is 5.73. The second-order valence-electron chi connectivity index (χ2n) is 8.78. The zero-order valence-electron chi connectivity index (χ0n) is 17.9. The van der Waals surface area contributed by atoms with Gasteiger partial charge in [-0.3, -0.25) is 9.05 Å². The van der Waals surface area contributed by atoms with Crippen molar-refractivity contribution in [1.29, 1.82) is 0 Å². The van der Waals surface area contributed by atoms with E-state index in [1.165, 1.54) is 44.1 Å². The van der Waals surface area contributed by atoms with Crippen LogP contribution in [0.3, 0.4) is 0 Å². The number of methoxy groups -OCH3 is 2. The molecule has 29 heavy (non-hydrogen) atoms. The van der Waals surface area contributed by atoms with E-state index in [-0.39, 0.29) is 24.4 Å². The van der Waals surface area contributed by atoms with Crippen LogP contribution < -0.4 is 14.0 Å². The van der Waals surface area contributed by atoms with Gasteiger partial charge in [-0.05, 0) is 93.2 Å². The first-order chi connectivity index (χ1) is 13.9. The third kappa shape index (κ3) is 3.92. The van der Waals surface area contributed by atoms with Gasteiger partial charge in [0.05, 0.1) is 27.4 Å². The minimum absolute atomic E-state index is 0.192. The summed E-state index contributed by atoms with van der Waals surface area (Å²) in [6.45, 7) is 3.93. The number of hydrogen-bond donors (Lipinski definition) is 0. The third-order valence-corrected chi connectivity index (χ3v) is 8.44. The lowest BCUT2D eigenvalue weighted by molar-refractivity contribution is -0.00537. The minimum atomic E-state index is -3.75. The van der Waals surface area contributed by atoms with E-state index in [0.717, 1.165) is 17.8 Å². The van der Waals surface area contributed by atoms with Crippen molar-refractivity contribution >= 4 is 7.82 Å². The number of rotatable bonds is 9. The topological polar surface area (TPSA) is 63.2 Å². The molecule has 0 spiro atoms. The highest BCUT2D eigenvalue weighted by atomic mass is 31.2. The Labute approximate surface area is 173 Å². The van der Waals surface area contributed by atoms with Crippen LogP contribution in [0, 0.1) is 17.8 Å². The maximum absolute atomic E-state index is 12.9. The Kier molecular flexibility index (Phi) is 5.89. The normalized spacial score (nSPS) is 30.4. The number of hydrogen-bond acceptors (Lipinski definition) is 6. The summed E-state index contributed by atoms with van der Waals surface area (Å²) >= 11 is 0. The van der Waals surface area contributed by atoms with Crippen molar-refractivity contribution < 1.29 is 27.6 Å². The molecule has 0 heterocycles. The number of phosphoric acid groups is 1. The largest absolute Gasteiger partial charge is 0.530 e. The lowest BCUT2D eigenvalue weighted by Gasteiger charge is -2.57. The summed E-state index contributed by atoms with van der Waals surface area (Å²) < 4.78 is 40.6. The highest BCUT2D eigenvalue weighted by Crippen LogP contribution is 2.62. The monoisotopic (exact) mass is 424 g/mol. The van der Waals surface area contributed by atoms with E-state index in [4.69, 9.17) is 23.0 Å². The zero-order chi connectivity index (χ0) is 20.6. The molecule has 1 aromatic rings. The molecule has 4 aliphatic rings. The fourth-order valence-corrected chi connectivity index (χ4v) is 7.47. The average Bonchev–Trinajstić information content (AvgIpc) is 2.67. The molecule has 4 aliphatic carbocycles.